The third-order valence-corrected chi connectivity index (χ3v) is 4.78. The normalized spacial score (nSPS) is 11.8. The Balaban J connectivity index is 1.53. The Bertz CT molecular complexity index is 875. The van der Waals surface area contributed by atoms with Crippen LogP contribution in [-0.2, 0) is 0 Å². The van der Waals surface area contributed by atoms with Crippen molar-refractivity contribution in [1.82, 2.24) is 10.6 Å². The molecule has 3 amide bonds. The molecular weight excluding hydrogens is 394 g/mol. The van der Waals surface area contributed by atoms with E-state index in [4.69, 9.17) is 21.1 Å². The summed E-state index contributed by atoms with van der Waals surface area (Å²) in [6.45, 7) is 3.60. The average Bonchev–Trinajstić information content (AvgIpc) is 3.18. The zero-order valence-corrected chi connectivity index (χ0v) is 17.0. The standard InChI is InChI=1S/C21H24ClN3O4/c1-2-23-21(27)25(15-9-10-18-19(13-15)29-14-28-18)12-6-5-11-24-20(26)16-7-3-4-8-17(16)22/h3-4,7-10,13H,2,5-6,11-12,14H2,1H3,(H,23,27)(H,24,26). The number of hydrogen-bond donors (Lipinski definition) is 2. The van der Waals surface area contributed by atoms with Gasteiger partial charge in [0.25, 0.3) is 5.91 Å². The molecule has 1 heterocycles. The van der Waals surface area contributed by atoms with Crippen molar-refractivity contribution in [1.29, 1.82) is 0 Å². The molecule has 3 rings (SSSR count). The summed E-state index contributed by atoms with van der Waals surface area (Å²) >= 11 is 6.04. The molecule has 0 radical (unpaired) electrons. The Morgan fingerprint density at radius 3 is 2.66 bits per heavy atom. The van der Waals surface area contributed by atoms with Gasteiger partial charge in [-0.1, -0.05) is 23.7 Å². The monoisotopic (exact) mass is 417 g/mol. The second kappa shape index (κ2) is 10.0. The Labute approximate surface area is 174 Å². The van der Waals surface area contributed by atoms with E-state index < -0.39 is 0 Å². The van der Waals surface area contributed by atoms with E-state index in [1.807, 2.05) is 13.0 Å². The molecule has 0 saturated carbocycles. The maximum Gasteiger partial charge on any atom is 0.321 e. The van der Waals surface area contributed by atoms with E-state index >= 15 is 0 Å². The quantitative estimate of drug-likeness (QED) is 0.640. The molecule has 0 spiro atoms. The van der Waals surface area contributed by atoms with Crippen LogP contribution >= 0.6 is 11.6 Å². The van der Waals surface area contributed by atoms with Crippen LogP contribution in [0.4, 0.5) is 10.5 Å². The maximum absolute atomic E-state index is 12.5. The number of carbonyl (C=O) groups is 2. The van der Waals surface area contributed by atoms with E-state index in [9.17, 15) is 9.59 Å². The van der Waals surface area contributed by atoms with E-state index in [0.717, 1.165) is 12.1 Å². The number of amides is 3. The molecular formula is C21H24ClN3O4. The molecule has 0 saturated heterocycles. The number of carbonyl (C=O) groups excluding carboxylic acids is 2. The fourth-order valence-electron chi connectivity index (χ4n) is 2.99. The highest BCUT2D eigenvalue weighted by atomic mass is 35.5. The number of rotatable bonds is 8. The third-order valence-electron chi connectivity index (χ3n) is 4.45. The van der Waals surface area contributed by atoms with Gasteiger partial charge in [-0.2, -0.15) is 0 Å². The summed E-state index contributed by atoms with van der Waals surface area (Å²) in [7, 11) is 0. The number of urea groups is 1. The molecule has 7 nitrogen and oxygen atoms in total. The molecule has 29 heavy (non-hydrogen) atoms. The molecule has 2 aromatic carbocycles. The molecule has 154 valence electrons. The fraction of sp³-hybridized carbons (Fsp3) is 0.333. The topological polar surface area (TPSA) is 79.9 Å². The number of unbranched alkanes of at least 4 members (excludes halogenated alkanes) is 1. The van der Waals surface area contributed by atoms with Crippen molar-refractivity contribution in [3.8, 4) is 11.5 Å². The smallest absolute Gasteiger partial charge is 0.321 e. The SMILES string of the molecule is CCNC(=O)N(CCCCNC(=O)c1ccccc1Cl)c1ccc2c(c1)OCO2. The summed E-state index contributed by atoms with van der Waals surface area (Å²) in [5.74, 6) is 1.10. The van der Waals surface area contributed by atoms with Crippen LogP contribution < -0.4 is 25.0 Å². The first-order valence-electron chi connectivity index (χ1n) is 9.58. The Hall–Kier alpha value is -2.93. The van der Waals surface area contributed by atoms with Crippen molar-refractivity contribution in [3.05, 3.63) is 53.1 Å². The van der Waals surface area contributed by atoms with Crippen LogP contribution in [0.5, 0.6) is 11.5 Å². The van der Waals surface area contributed by atoms with Gasteiger partial charge in [-0.25, -0.2) is 4.79 Å². The molecule has 0 bridgehead atoms. The highest BCUT2D eigenvalue weighted by molar-refractivity contribution is 6.33. The molecule has 0 atom stereocenters. The lowest BCUT2D eigenvalue weighted by Gasteiger charge is -2.23. The molecule has 0 aromatic heterocycles. The molecule has 0 aliphatic carbocycles. The van der Waals surface area contributed by atoms with Crippen molar-refractivity contribution in [2.24, 2.45) is 0 Å². The summed E-state index contributed by atoms with van der Waals surface area (Å²) in [5.41, 5.74) is 1.19. The Morgan fingerprint density at radius 2 is 1.86 bits per heavy atom. The molecule has 0 unspecified atom stereocenters. The lowest BCUT2D eigenvalue weighted by Crippen LogP contribution is -2.40. The first kappa shape index (κ1) is 20.8. The minimum absolute atomic E-state index is 0.175. The molecule has 1 aliphatic heterocycles. The van der Waals surface area contributed by atoms with Gasteiger partial charge in [0.2, 0.25) is 6.79 Å². The predicted molar refractivity (Wildman–Crippen MR) is 112 cm³/mol. The van der Waals surface area contributed by atoms with Gasteiger partial charge < -0.3 is 20.1 Å². The van der Waals surface area contributed by atoms with E-state index in [0.29, 0.717) is 48.1 Å². The van der Waals surface area contributed by atoms with E-state index in [1.54, 1.807) is 41.3 Å². The predicted octanol–water partition coefficient (Wildman–Crippen LogP) is 3.81. The second-order valence-corrected chi connectivity index (χ2v) is 6.87. The van der Waals surface area contributed by atoms with Crippen LogP contribution in [0.2, 0.25) is 5.02 Å². The fourth-order valence-corrected chi connectivity index (χ4v) is 3.21. The number of anilines is 1. The molecule has 0 fully saturated rings. The van der Waals surface area contributed by atoms with E-state index in [2.05, 4.69) is 10.6 Å². The van der Waals surface area contributed by atoms with Crippen LogP contribution in [0.1, 0.15) is 30.1 Å². The number of benzene rings is 2. The molecule has 1 aliphatic rings. The van der Waals surface area contributed by atoms with Crippen LogP contribution in [0.15, 0.2) is 42.5 Å². The zero-order chi connectivity index (χ0) is 20.6. The zero-order valence-electron chi connectivity index (χ0n) is 16.2. The van der Waals surface area contributed by atoms with Crippen molar-refractivity contribution < 1.29 is 19.1 Å². The van der Waals surface area contributed by atoms with Gasteiger partial charge in [0.15, 0.2) is 11.5 Å². The summed E-state index contributed by atoms with van der Waals surface area (Å²) in [6, 6.07) is 12.2. The molecule has 2 N–H and O–H groups in total. The first-order chi connectivity index (χ1) is 14.1. The number of ether oxygens (including phenoxy) is 2. The average molecular weight is 418 g/mol. The summed E-state index contributed by atoms with van der Waals surface area (Å²) in [6.07, 6.45) is 1.44. The molecule has 2 aromatic rings. The van der Waals surface area contributed by atoms with Gasteiger partial charge in [0, 0.05) is 31.4 Å². The highest BCUT2D eigenvalue weighted by Gasteiger charge is 2.19. The number of nitrogens with one attached hydrogen (secondary N) is 2. The molecule has 8 heteroatoms. The third kappa shape index (κ3) is 5.32. The minimum Gasteiger partial charge on any atom is -0.454 e. The van der Waals surface area contributed by atoms with E-state index in [1.165, 1.54) is 0 Å². The minimum atomic E-state index is -0.202. The summed E-state index contributed by atoms with van der Waals surface area (Å²) in [5, 5.41) is 6.12. The summed E-state index contributed by atoms with van der Waals surface area (Å²) in [4.78, 5) is 26.4. The van der Waals surface area contributed by atoms with Gasteiger partial charge >= 0.3 is 6.03 Å². The van der Waals surface area contributed by atoms with Crippen molar-refractivity contribution in [2.75, 3.05) is 31.3 Å². The number of fused-ring (bicyclic) bond motifs is 1. The van der Waals surface area contributed by atoms with Crippen molar-refractivity contribution in [2.45, 2.75) is 19.8 Å². The second-order valence-electron chi connectivity index (χ2n) is 6.47. The Morgan fingerprint density at radius 1 is 1.07 bits per heavy atom. The number of halogens is 1. The van der Waals surface area contributed by atoms with Crippen molar-refractivity contribution in [3.63, 3.8) is 0 Å². The summed E-state index contributed by atoms with van der Waals surface area (Å²) < 4.78 is 10.7. The number of hydrogen-bond acceptors (Lipinski definition) is 4. The van der Waals surface area contributed by atoms with Gasteiger partial charge in [0.1, 0.15) is 0 Å². The Kier molecular flexibility index (Phi) is 7.19. The van der Waals surface area contributed by atoms with Crippen molar-refractivity contribution >= 4 is 29.2 Å². The van der Waals surface area contributed by atoms with Crippen LogP contribution in [0.3, 0.4) is 0 Å². The number of nitrogens with zero attached hydrogens (tertiary/aromatic N) is 1. The van der Waals surface area contributed by atoms with Gasteiger partial charge in [-0.3, -0.25) is 9.69 Å². The van der Waals surface area contributed by atoms with Gasteiger partial charge in [-0.15, -0.1) is 0 Å². The van der Waals surface area contributed by atoms with E-state index in [-0.39, 0.29) is 18.7 Å². The van der Waals surface area contributed by atoms with Crippen LogP contribution in [0, 0.1) is 0 Å². The largest absolute Gasteiger partial charge is 0.454 e. The van der Waals surface area contributed by atoms with Crippen LogP contribution in [0.25, 0.3) is 0 Å². The highest BCUT2D eigenvalue weighted by Crippen LogP contribution is 2.35. The van der Waals surface area contributed by atoms with Gasteiger partial charge in [0.05, 0.1) is 10.6 Å². The lowest BCUT2D eigenvalue weighted by molar-refractivity contribution is 0.0953. The maximum atomic E-state index is 12.5. The van der Waals surface area contributed by atoms with Gasteiger partial charge in [-0.05, 0) is 44.0 Å². The van der Waals surface area contributed by atoms with Crippen LogP contribution in [-0.4, -0.2) is 38.4 Å². The lowest BCUT2D eigenvalue weighted by atomic mass is 10.2. The first-order valence-corrected chi connectivity index (χ1v) is 9.95.